The number of sulfonamides is 1. The zero-order chi connectivity index (χ0) is 19.7. The van der Waals surface area contributed by atoms with E-state index < -0.39 is 39.9 Å². The van der Waals surface area contributed by atoms with Gasteiger partial charge in [0, 0.05) is 2.74 Å². The molecule has 1 aromatic rings. The minimum Gasteiger partial charge on any atom is -0.463 e. The zero-order valence-corrected chi connectivity index (χ0v) is 13.8. The van der Waals surface area contributed by atoms with Crippen LogP contribution in [0.3, 0.4) is 0 Å². The minimum absolute atomic E-state index is 0.0181. The van der Waals surface area contributed by atoms with E-state index in [0.717, 1.165) is 18.2 Å². The molecule has 0 aliphatic heterocycles. The molecular formula is C15H17ClFNO4S. The lowest BCUT2D eigenvalue weighted by Crippen LogP contribution is -2.34. The second-order valence-corrected chi connectivity index (χ2v) is 6.92. The lowest BCUT2D eigenvalue weighted by Gasteiger charge is -2.24. The molecule has 0 spiro atoms. The van der Waals surface area contributed by atoms with Crippen molar-refractivity contribution in [2.45, 2.75) is 31.4 Å². The molecule has 0 saturated carbocycles. The number of rotatable bonds is 5. The second-order valence-electron chi connectivity index (χ2n) is 4.73. The van der Waals surface area contributed by atoms with Crippen molar-refractivity contribution in [1.82, 2.24) is 0 Å². The molecule has 1 aromatic carbocycles. The third kappa shape index (κ3) is 4.23. The van der Waals surface area contributed by atoms with E-state index in [1.807, 2.05) is 0 Å². The summed E-state index contributed by atoms with van der Waals surface area (Å²) < 4.78 is 67.6. The van der Waals surface area contributed by atoms with Crippen molar-refractivity contribution >= 4 is 33.3 Å². The van der Waals surface area contributed by atoms with Crippen LogP contribution in [0, 0.1) is 5.82 Å². The standard InChI is InChI=1S/C15H17ClFNO4S/c1-2-22-15(19)11-5-3-4-6-14(11)23(20,21)18-13-8-7-10(17)9-12(13)16/h5,7-9,14,18H,2-4,6H2,1H3/t14-/m1/s1/i4D2/hD. The summed E-state index contributed by atoms with van der Waals surface area (Å²) >= 11 is 5.83. The van der Waals surface area contributed by atoms with Gasteiger partial charge in [-0.25, -0.2) is 17.6 Å². The Morgan fingerprint density at radius 1 is 1.61 bits per heavy atom. The van der Waals surface area contributed by atoms with Crippen molar-refractivity contribution in [2.75, 3.05) is 11.3 Å². The van der Waals surface area contributed by atoms with Gasteiger partial charge in [-0.05, 0) is 44.3 Å². The van der Waals surface area contributed by atoms with E-state index in [-0.39, 0.29) is 34.0 Å². The van der Waals surface area contributed by atoms with Crippen LogP contribution in [0.25, 0.3) is 0 Å². The summed E-state index contributed by atoms with van der Waals surface area (Å²) in [5.41, 5.74) is -0.528. The second kappa shape index (κ2) is 7.31. The summed E-state index contributed by atoms with van der Waals surface area (Å²) in [4.78, 5) is 12.1. The third-order valence-corrected chi connectivity index (χ3v) is 5.04. The maximum atomic E-state index is 13.2. The van der Waals surface area contributed by atoms with Gasteiger partial charge in [-0.2, -0.15) is 0 Å². The number of esters is 1. The van der Waals surface area contributed by atoms with E-state index in [4.69, 9.17) is 20.5 Å². The first-order valence-electron chi connectivity index (χ1n) is 8.29. The summed E-state index contributed by atoms with van der Waals surface area (Å²) in [7, 11) is -4.55. The van der Waals surface area contributed by atoms with Gasteiger partial charge in [0.05, 0.1) is 22.9 Å². The number of anilines is 1. The Hall–Kier alpha value is -1.60. The first kappa shape index (κ1) is 13.8. The Morgan fingerprint density at radius 3 is 3.00 bits per heavy atom. The van der Waals surface area contributed by atoms with E-state index in [1.54, 1.807) is 6.92 Å². The number of allylic oxidation sites excluding steroid dienone is 1. The molecular weight excluding hydrogens is 345 g/mol. The van der Waals surface area contributed by atoms with Gasteiger partial charge in [0.25, 0.3) is 0 Å². The zero-order valence-electron chi connectivity index (χ0n) is 15.3. The maximum Gasteiger partial charge on any atom is 0.335 e. The molecule has 1 aliphatic rings. The Morgan fingerprint density at radius 2 is 2.35 bits per heavy atom. The average Bonchev–Trinajstić information content (AvgIpc) is 2.53. The van der Waals surface area contributed by atoms with Crippen molar-refractivity contribution in [3.63, 3.8) is 0 Å². The molecule has 126 valence electrons. The number of halogens is 2. The summed E-state index contributed by atoms with van der Waals surface area (Å²) in [5, 5.41) is -1.92. The van der Waals surface area contributed by atoms with Crippen LogP contribution >= 0.6 is 11.6 Å². The molecule has 0 fully saturated rings. The number of nitrogens with one attached hydrogen (secondary N) is 1. The molecule has 0 amide bonds. The van der Waals surface area contributed by atoms with Gasteiger partial charge >= 0.3 is 5.97 Å². The van der Waals surface area contributed by atoms with Gasteiger partial charge in [0.2, 0.25) is 10.0 Å². The molecule has 1 N–H and O–H groups in total. The first-order valence-corrected chi connectivity index (χ1v) is 8.73. The van der Waals surface area contributed by atoms with Crippen LogP contribution in [-0.2, 0) is 19.6 Å². The van der Waals surface area contributed by atoms with Crippen molar-refractivity contribution in [3.8, 4) is 0 Å². The van der Waals surface area contributed by atoms with Gasteiger partial charge < -0.3 is 4.74 Å². The largest absolute Gasteiger partial charge is 0.463 e. The smallest absolute Gasteiger partial charge is 0.335 e. The highest BCUT2D eigenvalue weighted by Crippen LogP contribution is 2.30. The van der Waals surface area contributed by atoms with E-state index in [1.165, 1.54) is 6.08 Å². The molecule has 0 radical (unpaired) electrons. The molecule has 0 aromatic heterocycles. The number of ether oxygens (including phenoxy) is 1. The SMILES string of the molecule is [2H]N(c1ccc(F)cc1Cl)S(=O)(=O)[C@@H]1CC([2H])([2H])CC=C1C(=O)OCC. The summed E-state index contributed by atoms with van der Waals surface area (Å²) in [6, 6.07) is 2.82. The molecule has 2 rings (SSSR count). The predicted octanol–water partition coefficient (Wildman–Crippen LogP) is 3.26. The Kier molecular flexibility index (Phi) is 4.39. The number of carbonyl (C=O) groups excluding carboxylic acids is 1. The summed E-state index contributed by atoms with van der Waals surface area (Å²) in [6.45, 7) is 1.57. The first-order chi connectivity index (χ1) is 12.0. The Labute approximate surface area is 143 Å². The summed E-state index contributed by atoms with van der Waals surface area (Å²) in [6.07, 6.45) is -1.36. The lowest BCUT2D eigenvalue weighted by molar-refractivity contribution is -0.138. The molecule has 0 unspecified atom stereocenters. The maximum absolute atomic E-state index is 13.2. The molecule has 23 heavy (non-hydrogen) atoms. The number of hydrogen-bond acceptors (Lipinski definition) is 4. The van der Waals surface area contributed by atoms with E-state index in [2.05, 4.69) is 0 Å². The van der Waals surface area contributed by atoms with Crippen LogP contribution in [0.15, 0.2) is 29.8 Å². The molecule has 1 atom stereocenters. The molecule has 8 heteroatoms. The van der Waals surface area contributed by atoms with Gasteiger partial charge in [0.15, 0.2) is 1.41 Å². The molecule has 1 aliphatic carbocycles. The topological polar surface area (TPSA) is 72.5 Å². The van der Waals surface area contributed by atoms with Crippen LogP contribution in [0.4, 0.5) is 10.1 Å². The van der Waals surface area contributed by atoms with E-state index >= 15 is 0 Å². The Balaban J connectivity index is 2.47. The van der Waals surface area contributed by atoms with E-state index in [9.17, 15) is 17.6 Å². The fraction of sp³-hybridized carbons (Fsp3) is 0.400. The van der Waals surface area contributed by atoms with Gasteiger partial charge in [-0.15, -0.1) is 0 Å². The van der Waals surface area contributed by atoms with Crippen LogP contribution in [-0.4, -0.2) is 26.2 Å². The average molecular weight is 365 g/mol. The fourth-order valence-corrected chi connectivity index (χ4v) is 3.75. The van der Waals surface area contributed by atoms with Crippen LogP contribution in [0.1, 0.15) is 28.9 Å². The quantitative estimate of drug-likeness (QED) is 0.814. The third-order valence-electron chi connectivity index (χ3n) is 3.15. The number of benzene rings is 1. The minimum atomic E-state index is -4.55. The van der Waals surface area contributed by atoms with Crippen molar-refractivity contribution in [2.24, 2.45) is 0 Å². The fourth-order valence-electron chi connectivity index (χ4n) is 2.09. The highest BCUT2D eigenvalue weighted by atomic mass is 35.5. The van der Waals surface area contributed by atoms with Crippen LogP contribution in [0.2, 0.25) is 6.43 Å². The molecule has 0 bridgehead atoms. The summed E-state index contributed by atoms with van der Waals surface area (Å²) in [5.74, 6) is -1.58. The van der Waals surface area contributed by atoms with Crippen LogP contribution < -0.4 is 4.72 Å². The van der Waals surface area contributed by atoms with Gasteiger partial charge in [0.1, 0.15) is 11.1 Å². The predicted molar refractivity (Wildman–Crippen MR) is 86.3 cm³/mol. The number of hydrogen-bond donors (Lipinski definition) is 1. The van der Waals surface area contributed by atoms with Crippen molar-refractivity contribution in [3.05, 3.63) is 40.7 Å². The monoisotopic (exact) mass is 364 g/mol. The van der Waals surface area contributed by atoms with Crippen molar-refractivity contribution < 1.29 is 26.5 Å². The van der Waals surface area contributed by atoms with E-state index in [0.29, 0.717) is 0 Å². The normalized spacial score (nSPS) is 22.3. The van der Waals surface area contributed by atoms with Gasteiger partial charge in [-0.3, -0.25) is 4.72 Å². The Bertz CT molecular complexity index is 847. The molecule has 0 saturated heterocycles. The molecule has 0 heterocycles. The highest BCUT2D eigenvalue weighted by Gasteiger charge is 2.35. The van der Waals surface area contributed by atoms with Crippen LogP contribution in [0.5, 0.6) is 0 Å². The number of carbonyl (C=O) groups is 1. The lowest BCUT2D eigenvalue weighted by atomic mass is 9.99. The van der Waals surface area contributed by atoms with Crippen molar-refractivity contribution in [1.29, 1.82) is 0 Å². The molecule has 5 nitrogen and oxygen atoms in total. The van der Waals surface area contributed by atoms with Gasteiger partial charge in [-0.1, -0.05) is 17.7 Å². The highest BCUT2D eigenvalue weighted by molar-refractivity contribution is 7.93.